The monoisotopic (exact) mass is 287 g/mol. The van der Waals surface area contributed by atoms with Gasteiger partial charge < -0.3 is 10.5 Å². The van der Waals surface area contributed by atoms with Crippen molar-refractivity contribution in [3.63, 3.8) is 0 Å². The first-order chi connectivity index (χ1) is 8.16. The van der Waals surface area contributed by atoms with E-state index in [9.17, 15) is 0 Å². The Labute approximate surface area is 114 Å². The van der Waals surface area contributed by atoms with Crippen LogP contribution in [0.15, 0.2) is 35.7 Å². The van der Waals surface area contributed by atoms with E-state index < -0.39 is 0 Å². The summed E-state index contributed by atoms with van der Waals surface area (Å²) >= 11 is 13.4. The van der Waals surface area contributed by atoms with Crippen molar-refractivity contribution in [3.8, 4) is 5.75 Å². The van der Waals surface area contributed by atoms with Gasteiger partial charge in [-0.3, -0.25) is 0 Å². The van der Waals surface area contributed by atoms with E-state index in [1.807, 2.05) is 23.6 Å². The van der Waals surface area contributed by atoms with Crippen molar-refractivity contribution in [2.24, 2.45) is 5.73 Å². The minimum absolute atomic E-state index is 0.221. The van der Waals surface area contributed by atoms with Gasteiger partial charge in [0.15, 0.2) is 0 Å². The van der Waals surface area contributed by atoms with E-state index in [0.29, 0.717) is 22.4 Å². The third-order valence-electron chi connectivity index (χ3n) is 2.21. The van der Waals surface area contributed by atoms with Gasteiger partial charge in [-0.25, -0.2) is 0 Å². The van der Waals surface area contributed by atoms with Gasteiger partial charge in [-0.05, 0) is 29.6 Å². The van der Waals surface area contributed by atoms with Gasteiger partial charge in [0.1, 0.15) is 12.4 Å². The van der Waals surface area contributed by atoms with Crippen molar-refractivity contribution in [2.75, 3.05) is 6.61 Å². The number of thiophene rings is 1. The zero-order chi connectivity index (χ0) is 12.3. The quantitative estimate of drug-likeness (QED) is 0.918. The zero-order valence-electron chi connectivity index (χ0n) is 8.90. The van der Waals surface area contributed by atoms with Crippen LogP contribution < -0.4 is 10.5 Å². The molecule has 0 saturated heterocycles. The third kappa shape index (κ3) is 3.36. The van der Waals surface area contributed by atoms with E-state index in [4.69, 9.17) is 33.7 Å². The van der Waals surface area contributed by atoms with Crippen LogP contribution in [0.25, 0.3) is 0 Å². The Kier molecular flexibility index (Phi) is 4.29. The second kappa shape index (κ2) is 5.74. The largest absolute Gasteiger partial charge is 0.492 e. The Morgan fingerprint density at radius 2 is 2.12 bits per heavy atom. The lowest BCUT2D eigenvalue weighted by Crippen LogP contribution is -2.18. The van der Waals surface area contributed by atoms with Gasteiger partial charge in [-0.15, -0.1) is 11.3 Å². The molecule has 2 aromatic rings. The van der Waals surface area contributed by atoms with Crippen LogP contribution in [0.5, 0.6) is 5.75 Å². The Morgan fingerprint density at radius 3 is 2.76 bits per heavy atom. The van der Waals surface area contributed by atoms with Crippen LogP contribution in [-0.4, -0.2) is 6.61 Å². The highest BCUT2D eigenvalue weighted by molar-refractivity contribution is 7.10. The molecule has 2 rings (SSSR count). The Morgan fingerprint density at radius 1 is 1.29 bits per heavy atom. The average Bonchev–Trinajstić information content (AvgIpc) is 2.72. The van der Waals surface area contributed by atoms with E-state index in [0.717, 1.165) is 4.88 Å². The van der Waals surface area contributed by atoms with Gasteiger partial charge in [-0.1, -0.05) is 29.3 Å². The smallest absolute Gasteiger partial charge is 0.120 e. The first kappa shape index (κ1) is 12.7. The number of rotatable bonds is 4. The van der Waals surface area contributed by atoms with Gasteiger partial charge >= 0.3 is 0 Å². The van der Waals surface area contributed by atoms with Crippen LogP contribution in [0.1, 0.15) is 10.9 Å². The lowest BCUT2D eigenvalue weighted by molar-refractivity contribution is 0.292. The fraction of sp³-hybridized carbons (Fsp3) is 0.167. The minimum Gasteiger partial charge on any atom is -0.492 e. The molecule has 0 aliphatic carbocycles. The summed E-state index contributed by atoms with van der Waals surface area (Å²) in [6.45, 7) is 0.376. The van der Waals surface area contributed by atoms with Gasteiger partial charge in [-0.2, -0.15) is 0 Å². The van der Waals surface area contributed by atoms with Crippen LogP contribution in [-0.2, 0) is 0 Å². The molecule has 0 spiro atoms. The van der Waals surface area contributed by atoms with Crippen LogP contribution in [0.2, 0.25) is 10.0 Å². The Hall–Kier alpha value is -0.740. The molecule has 90 valence electrons. The van der Waals surface area contributed by atoms with E-state index in [1.165, 1.54) is 11.3 Å². The average molecular weight is 288 g/mol. The molecule has 0 fully saturated rings. The van der Waals surface area contributed by atoms with Gasteiger partial charge in [0.2, 0.25) is 0 Å². The van der Waals surface area contributed by atoms with Crippen molar-refractivity contribution in [1.29, 1.82) is 0 Å². The summed E-state index contributed by atoms with van der Waals surface area (Å²) in [7, 11) is 0. The van der Waals surface area contributed by atoms with Gasteiger partial charge in [0.05, 0.1) is 11.1 Å². The predicted octanol–water partition coefficient (Wildman–Crippen LogP) is 4.13. The molecule has 0 aliphatic heterocycles. The molecule has 2 N–H and O–H groups in total. The predicted molar refractivity (Wildman–Crippen MR) is 73.2 cm³/mol. The maximum absolute atomic E-state index is 6.00. The molecule has 1 aromatic carbocycles. The Bertz CT molecular complexity index is 501. The maximum Gasteiger partial charge on any atom is 0.120 e. The highest BCUT2D eigenvalue weighted by atomic mass is 35.5. The zero-order valence-corrected chi connectivity index (χ0v) is 11.2. The molecule has 1 aromatic heterocycles. The van der Waals surface area contributed by atoms with Crippen LogP contribution in [0.4, 0.5) is 0 Å². The van der Waals surface area contributed by atoms with E-state index in [2.05, 4.69) is 0 Å². The fourth-order valence-electron chi connectivity index (χ4n) is 1.39. The van der Waals surface area contributed by atoms with Crippen LogP contribution >= 0.6 is 34.5 Å². The molecular weight excluding hydrogens is 277 g/mol. The summed E-state index contributed by atoms with van der Waals surface area (Å²) in [5.41, 5.74) is 5.99. The molecule has 1 atom stereocenters. The summed E-state index contributed by atoms with van der Waals surface area (Å²) in [5, 5.41) is 3.25. The first-order valence-electron chi connectivity index (χ1n) is 5.03. The number of nitrogens with two attached hydrogens (primary N) is 1. The highest BCUT2D eigenvalue weighted by Gasteiger charge is 2.12. The van der Waals surface area contributed by atoms with Crippen molar-refractivity contribution in [3.05, 3.63) is 50.6 Å². The highest BCUT2D eigenvalue weighted by Crippen LogP contribution is 2.28. The molecule has 5 heteroatoms. The summed E-state index contributed by atoms with van der Waals surface area (Å²) in [5.74, 6) is 0.709. The second-order valence-electron chi connectivity index (χ2n) is 3.51. The molecule has 2 nitrogen and oxygen atoms in total. The standard InChI is InChI=1S/C12H11Cl2NOS/c13-8-2-1-3-9(6-8)16-7-11(15)12-10(14)4-5-17-12/h1-6,11H,7,15H2. The van der Waals surface area contributed by atoms with E-state index in [1.54, 1.807) is 12.1 Å². The van der Waals surface area contributed by atoms with Crippen molar-refractivity contribution >= 4 is 34.5 Å². The molecule has 0 bridgehead atoms. The third-order valence-corrected chi connectivity index (χ3v) is 3.93. The van der Waals surface area contributed by atoms with Crippen LogP contribution in [0.3, 0.4) is 0 Å². The molecule has 0 amide bonds. The van der Waals surface area contributed by atoms with Crippen molar-refractivity contribution < 1.29 is 4.74 Å². The van der Waals surface area contributed by atoms with Gasteiger partial charge in [0, 0.05) is 9.90 Å². The fourth-order valence-corrected chi connectivity index (χ4v) is 2.75. The van der Waals surface area contributed by atoms with Crippen molar-refractivity contribution in [1.82, 2.24) is 0 Å². The summed E-state index contributed by atoms with van der Waals surface area (Å²) in [6.07, 6.45) is 0. The molecule has 17 heavy (non-hydrogen) atoms. The van der Waals surface area contributed by atoms with E-state index >= 15 is 0 Å². The molecule has 1 unspecified atom stereocenters. The molecule has 0 aliphatic rings. The maximum atomic E-state index is 6.00. The SMILES string of the molecule is NC(COc1cccc(Cl)c1)c1sccc1Cl. The normalized spacial score (nSPS) is 12.4. The number of halogens is 2. The summed E-state index contributed by atoms with van der Waals surface area (Å²) in [6, 6.07) is 8.84. The molecular formula is C12H11Cl2NOS. The lowest BCUT2D eigenvalue weighted by atomic mass is 10.3. The second-order valence-corrected chi connectivity index (χ2v) is 5.30. The first-order valence-corrected chi connectivity index (χ1v) is 6.67. The molecule has 1 heterocycles. The number of hydrogen-bond acceptors (Lipinski definition) is 3. The summed E-state index contributed by atoms with van der Waals surface area (Å²) < 4.78 is 5.57. The lowest BCUT2D eigenvalue weighted by Gasteiger charge is -2.12. The summed E-state index contributed by atoms with van der Waals surface area (Å²) in [4.78, 5) is 0.939. The Balaban J connectivity index is 1.97. The van der Waals surface area contributed by atoms with Crippen LogP contribution in [0, 0.1) is 0 Å². The molecule has 0 radical (unpaired) electrons. The minimum atomic E-state index is -0.221. The van der Waals surface area contributed by atoms with Gasteiger partial charge in [0.25, 0.3) is 0 Å². The number of benzene rings is 1. The molecule has 0 saturated carbocycles. The van der Waals surface area contributed by atoms with E-state index in [-0.39, 0.29) is 6.04 Å². The number of hydrogen-bond donors (Lipinski definition) is 1. The van der Waals surface area contributed by atoms with Crippen molar-refractivity contribution in [2.45, 2.75) is 6.04 Å². The topological polar surface area (TPSA) is 35.2 Å². The number of ether oxygens (including phenoxy) is 1.